The Kier molecular flexibility index (Phi) is 4.28. The van der Waals surface area contributed by atoms with Gasteiger partial charge in [0.15, 0.2) is 0 Å². The maximum absolute atomic E-state index is 5.99. The summed E-state index contributed by atoms with van der Waals surface area (Å²) in [6.45, 7) is 5.33. The van der Waals surface area contributed by atoms with E-state index in [1.807, 2.05) is 6.20 Å². The van der Waals surface area contributed by atoms with E-state index in [0.29, 0.717) is 11.9 Å². The first-order valence-electron chi connectivity index (χ1n) is 5.77. The number of hydrogen-bond acceptors (Lipinski definition) is 3. The van der Waals surface area contributed by atoms with E-state index in [1.54, 1.807) is 0 Å². The highest BCUT2D eigenvalue weighted by Crippen LogP contribution is 2.25. The van der Waals surface area contributed by atoms with Crippen molar-refractivity contribution in [3.63, 3.8) is 0 Å². The molecule has 0 spiro atoms. The van der Waals surface area contributed by atoms with Crippen molar-refractivity contribution >= 4 is 33.3 Å². The van der Waals surface area contributed by atoms with E-state index >= 15 is 0 Å². The third-order valence-corrected chi connectivity index (χ3v) is 4.03. The largest absolute Gasteiger partial charge is 0.354 e. The van der Waals surface area contributed by atoms with Crippen molar-refractivity contribution in [2.24, 2.45) is 0 Å². The van der Waals surface area contributed by atoms with Crippen LogP contribution < -0.4 is 4.90 Å². The number of piperazine rings is 1. The van der Waals surface area contributed by atoms with Crippen LogP contribution in [0.4, 0.5) is 5.82 Å². The topological polar surface area (TPSA) is 19.4 Å². The Morgan fingerprint density at radius 2 is 2.29 bits per heavy atom. The van der Waals surface area contributed by atoms with Crippen LogP contribution in [0.3, 0.4) is 0 Å². The maximum Gasteiger partial charge on any atom is 0.133 e. The van der Waals surface area contributed by atoms with Gasteiger partial charge in [0, 0.05) is 41.9 Å². The van der Waals surface area contributed by atoms with Gasteiger partial charge in [-0.2, -0.15) is 0 Å². The van der Waals surface area contributed by atoms with E-state index in [0.717, 1.165) is 35.5 Å². The number of anilines is 1. The lowest BCUT2D eigenvalue weighted by molar-refractivity contribution is 0.233. The molecule has 5 heteroatoms. The van der Waals surface area contributed by atoms with E-state index in [9.17, 15) is 0 Å². The van der Waals surface area contributed by atoms with Crippen LogP contribution >= 0.6 is 27.5 Å². The fraction of sp³-hybridized carbons (Fsp3) is 0.583. The minimum atomic E-state index is 0.502. The van der Waals surface area contributed by atoms with Gasteiger partial charge in [-0.15, -0.1) is 11.6 Å². The SMILES string of the molecule is CC1CN(c2ncc(Br)cc2CCl)CCN1C. The van der Waals surface area contributed by atoms with Crippen LogP contribution in [0, 0.1) is 0 Å². The highest BCUT2D eigenvalue weighted by Gasteiger charge is 2.23. The third-order valence-electron chi connectivity index (χ3n) is 3.31. The molecule has 1 aliphatic heterocycles. The fourth-order valence-electron chi connectivity index (χ4n) is 2.10. The van der Waals surface area contributed by atoms with Crippen LogP contribution in [0.1, 0.15) is 12.5 Å². The van der Waals surface area contributed by atoms with Gasteiger partial charge >= 0.3 is 0 Å². The second-order valence-electron chi connectivity index (χ2n) is 4.55. The Morgan fingerprint density at radius 1 is 1.53 bits per heavy atom. The maximum atomic E-state index is 5.99. The first-order chi connectivity index (χ1) is 8.11. The molecule has 1 unspecified atom stereocenters. The fourth-order valence-corrected chi connectivity index (χ4v) is 2.67. The Hall–Kier alpha value is -0.320. The summed E-state index contributed by atoms with van der Waals surface area (Å²) in [6, 6.07) is 2.61. The van der Waals surface area contributed by atoms with Gasteiger partial charge in [0.2, 0.25) is 0 Å². The summed E-state index contributed by atoms with van der Waals surface area (Å²) < 4.78 is 0.985. The zero-order valence-corrected chi connectivity index (χ0v) is 12.5. The first kappa shape index (κ1) is 13.1. The zero-order chi connectivity index (χ0) is 12.4. The average Bonchev–Trinajstić information content (AvgIpc) is 2.32. The normalized spacial score (nSPS) is 21.9. The molecule has 94 valence electrons. The van der Waals surface area contributed by atoms with Crippen molar-refractivity contribution in [2.75, 3.05) is 31.6 Å². The van der Waals surface area contributed by atoms with E-state index in [4.69, 9.17) is 11.6 Å². The Balaban J connectivity index is 2.22. The molecule has 3 nitrogen and oxygen atoms in total. The number of hydrogen-bond donors (Lipinski definition) is 0. The third kappa shape index (κ3) is 2.92. The molecule has 2 rings (SSSR count). The van der Waals surface area contributed by atoms with Crippen molar-refractivity contribution in [1.82, 2.24) is 9.88 Å². The molecular formula is C12H17BrClN3. The van der Waals surface area contributed by atoms with Crippen LogP contribution in [0.15, 0.2) is 16.7 Å². The van der Waals surface area contributed by atoms with Crippen molar-refractivity contribution < 1.29 is 0 Å². The first-order valence-corrected chi connectivity index (χ1v) is 7.10. The van der Waals surface area contributed by atoms with E-state index < -0.39 is 0 Å². The van der Waals surface area contributed by atoms with Crippen LogP contribution in [0.2, 0.25) is 0 Å². The predicted molar refractivity (Wildman–Crippen MR) is 75.8 cm³/mol. The lowest BCUT2D eigenvalue weighted by Crippen LogP contribution is -2.50. The molecule has 1 aromatic heterocycles. The molecular weight excluding hydrogens is 302 g/mol. The molecule has 2 heterocycles. The lowest BCUT2D eigenvalue weighted by atomic mass is 10.2. The lowest BCUT2D eigenvalue weighted by Gasteiger charge is -2.39. The van der Waals surface area contributed by atoms with Crippen molar-refractivity contribution in [1.29, 1.82) is 0 Å². The minimum absolute atomic E-state index is 0.502. The molecule has 1 aliphatic rings. The van der Waals surface area contributed by atoms with Gasteiger partial charge in [-0.1, -0.05) is 0 Å². The Morgan fingerprint density at radius 3 is 2.94 bits per heavy atom. The minimum Gasteiger partial charge on any atom is -0.354 e. The van der Waals surface area contributed by atoms with E-state index in [-0.39, 0.29) is 0 Å². The number of aromatic nitrogens is 1. The second-order valence-corrected chi connectivity index (χ2v) is 5.73. The molecule has 0 bridgehead atoms. The van der Waals surface area contributed by atoms with Gasteiger partial charge < -0.3 is 9.80 Å². The van der Waals surface area contributed by atoms with Gasteiger partial charge in [-0.25, -0.2) is 4.98 Å². The van der Waals surface area contributed by atoms with Gasteiger partial charge in [0.05, 0.1) is 5.88 Å². The molecule has 0 radical (unpaired) electrons. The molecule has 1 aromatic rings. The summed E-state index contributed by atoms with van der Waals surface area (Å²) in [5.74, 6) is 1.53. The zero-order valence-electron chi connectivity index (χ0n) is 10.2. The molecule has 0 aromatic carbocycles. The van der Waals surface area contributed by atoms with Gasteiger partial charge in [-0.3, -0.25) is 0 Å². The summed E-state index contributed by atoms with van der Waals surface area (Å²) in [7, 11) is 2.17. The summed E-state index contributed by atoms with van der Waals surface area (Å²) in [5.41, 5.74) is 1.10. The van der Waals surface area contributed by atoms with Crippen LogP contribution in [0.25, 0.3) is 0 Å². The molecule has 17 heavy (non-hydrogen) atoms. The highest BCUT2D eigenvalue weighted by molar-refractivity contribution is 9.10. The molecule has 0 saturated carbocycles. The summed E-state index contributed by atoms with van der Waals surface area (Å²) in [5, 5.41) is 0. The smallest absolute Gasteiger partial charge is 0.133 e. The summed E-state index contributed by atoms with van der Waals surface area (Å²) >= 11 is 9.43. The van der Waals surface area contributed by atoms with Crippen LogP contribution in [-0.4, -0.2) is 42.6 Å². The Bertz CT molecular complexity index is 399. The van der Waals surface area contributed by atoms with E-state index in [2.05, 4.69) is 50.8 Å². The average molecular weight is 319 g/mol. The Labute approximate surface area is 116 Å². The number of halogens is 2. The molecule has 0 amide bonds. The molecule has 0 N–H and O–H groups in total. The van der Waals surface area contributed by atoms with E-state index in [1.165, 1.54) is 0 Å². The van der Waals surface area contributed by atoms with Crippen LogP contribution in [-0.2, 0) is 5.88 Å². The number of rotatable bonds is 2. The van der Waals surface area contributed by atoms with Gasteiger partial charge in [-0.05, 0) is 36.0 Å². The molecule has 1 saturated heterocycles. The number of pyridine rings is 1. The van der Waals surface area contributed by atoms with Crippen molar-refractivity contribution in [3.05, 3.63) is 22.3 Å². The number of likely N-dealkylation sites (N-methyl/N-ethyl adjacent to an activating group) is 1. The summed E-state index contributed by atoms with van der Waals surface area (Å²) in [6.07, 6.45) is 1.84. The second kappa shape index (κ2) is 5.55. The van der Waals surface area contributed by atoms with Crippen molar-refractivity contribution in [2.45, 2.75) is 18.8 Å². The number of alkyl halides is 1. The van der Waals surface area contributed by atoms with Gasteiger partial charge in [0.25, 0.3) is 0 Å². The molecule has 0 aliphatic carbocycles. The molecule has 1 atom stereocenters. The quantitative estimate of drug-likeness (QED) is 0.782. The standard InChI is InChI=1S/C12H17BrClN3/c1-9-8-17(4-3-16(9)2)12-10(6-14)5-11(13)7-15-12/h5,7,9H,3-4,6,8H2,1-2H3. The van der Waals surface area contributed by atoms with Crippen molar-refractivity contribution in [3.8, 4) is 0 Å². The summed E-state index contributed by atoms with van der Waals surface area (Å²) in [4.78, 5) is 9.21. The van der Waals surface area contributed by atoms with Crippen LogP contribution in [0.5, 0.6) is 0 Å². The predicted octanol–water partition coefficient (Wildman–Crippen LogP) is 2.72. The molecule has 1 fully saturated rings. The highest BCUT2D eigenvalue weighted by atomic mass is 79.9. The van der Waals surface area contributed by atoms with Gasteiger partial charge in [0.1, 0.15) is 5.82 Å². The monoisotopic (exact) mass is 317 g/mol. The number of nitrogens with zero attached hydrogens (tertiary/aromatic N) is 3.